The normalized spacial score (nSPS) is 15.2. The first-order chi connectivity index (χ1) is 15.9. The molecule has 0 N–H and O–H groups in total. The van der Waals surface area contributed by atoms with E-state index in [4.69, 9.17) is 9.15 Å². The van der Waals surface area contributed by atoms with E-state index >= 15 is 0 Å². The van der Waals surface area contributed by atoms with Crippen molar-refractivity contribution in [2.75, 3.05) is 38.2 Å². The van der Waals surface area contributed by atoms with Gasteiger partial charge in [-0.2, -0.15) is 4.31 Å². The lowest BCUT2D eigenvalue weighted by molar-refractivity contribution is -0.384. The lowest BCUT2D eigenvalue weighted by Crippen LogP contribution is -2.48. The number of nitrogens with zero attached hydrogens (tertiary/aromatic N) is 3. The van der Waals surface area contributed by atoms with Gasteiger partial charge in [0.05, 0.1) is 23.0 Å². The largest absolute Gasteiger partial charge is 0.496 e. The number of para-hydroxylation sites is 1. The Bertz CT molecular complexity index is 1470. The first-order valence-electron chi connectivity index (χ1n) is 10.4. The number of fused-ring (bicyclic) bond motifs is 3. The Morgan fingerprint density at radius 1 is 0.939 bits per heavy atom. The second-order valence-corrected chi connectivity index (χ2v) is 9.70. The Morgan fingerprint density at radius 3 is 2.39 bits per heavy atom. The second-order valence-electron chi connectivity index (χ2n) is 7.76. The zero-order valence-corrected chi connectivity index (χ0v) is 18.6. The molecule has 0 aliphatic carbocycles. The molecule has 0 saturated carbocycles. The van der Waals surface area contributed by atoms with E-state index in [1.165, 1.54) is 17.5 Å². The molecule has 1 aliphatic rings. The molecule has 1 saturated heterocycles. The van der Waals surface area contributed by atoms with E-state index in [0.29, 0.717) is 35.7 Å². The smallest absolute Gasteiger partial charge is 0.296 e. The molecule has 33 heavy (non-hydrogen) atoms. The lowest BCUT2D eigenvalue weighted by Gasteiger charge is -2.35. The van der Waals surface area contributed by atoms with E-state index in [2.05, 4.69) is 0 Å². The minimum atomic E-state index is -3.73. The second kappa shape index (κ2) is 8.05. The molecule has 10 heteroatoms. The predicted molar refractivity (Wildman–Crippen MR) is 124 cm³/mol. The molecule has 1 fully saturated rings. The van der Waals surface area contributed by atoms with Gasteiger partial charge < -0.3 is 14.1 Å². The van der Waals surface area contributed by atoms with Crippen LogP contribution in [0, 0.1) is 10.1 Å². The minimum absolute atomic E-state index is 0.0667. The van der Waals surface area contributed by atoms with Gasteiger partial charge in [0.1, 0.15) is 22.6 Å². The van der Waals surface area contributed by atoms with Gasteiger partial charge in [0, 0.05) is 37.0 Å². The van der Waals surface area contributed by atoms with Crippen LogP contribution in [0.4, 0.5) is 11.4 Å². The van der Waals surface area contributed by atoms with Crippen LogP contribution >= 0.6 is 0 Å². The highest BCUT2D eigenvalue weighted by molar-refractivity contribution is 7.89. The van der Waals surface area contributed by atoms with Crippen molar-refractivity contribution in [3.8, 4) is 5.75 Å². The van der Waals surface area contributed by atoms with Crippen molar-refractivity contribution in [2.45, 2.75) is 4.90 Å². The maximum atomic E-state index is 13.3. The van der Waals surface area contributed by atoms with Gasteiger partial charge >= 0.3 is 0 Å². The van der Waals surface area contributed by atoms with Gasteiger partial charge in [-0.05, 0) is 36.4 Å². The average molecular weight is 468 g/mol. The molecular formula is C23H21N3O6S. The standard InChI is InChI=1S/C23H21N3O6S/c1-31-16-6-8-20(21(14-16)26(27)28)24-10-12-25(13-11-24)33(29,30)17-7-9-23-19(15-17)18-4-2-3-5-22(18)32-23/h2-9,14-15H,10-13H2,1H3. The van der Waals surface area contributed by atoms with Crippen molar-refractivity contribution in [3.63, 3.8) is 0 Å². The first-order valence-corrected chi connectivity index (χ1v) is 11.8. The summed E-state index contributed by atoms with van der Waals surface area (Å²) in [5.74, 6) is 0.397. The number of nitro benzene ring substituents is 1. The molecule has 5 rings (SSSR count). The molecule has 170 valence electrons. The fourth-order valence-corrected chi connectivity index (χ4v) is 5.68. The molecule has 1 aliphatic heterocycles. The summed E-state index contributed by atoms with van der Waals surface area (Å²) in [6.45, 7) is 1.11. The van der Waals surface area contributed by atoms with Gasteiger partial charge in [0.15, 0.2) is 0 Å². The highest BCUT2D eigenvalue weighted by Crippen LogP contribution is 2.34. The van der Waals surface area contributed by atoms with Gasteiger partial charge in [-0.3, -0.25) is 10.1 Å². The van der Waals surface area contributed by atoms with Crippen molar-refractivity contribution >= 4 is 43.3 Å². The fraction of sp³-hybridized carbons (Fsp3) is 0.217. The molecule has 0 spiro atoms. The molecule has 0 atom stereocenters. The van der Waals surface area contributed by atoms with Crippen LogP contribution in [-0.2, 0) is 10.0 Å². The molecular weight excluding hydrogens is 446 g/mol. The number of ether oxygens (including phenoxy) is 1. The number of nitro groups is 1. The zero-order valence-electron chi connectivity index (χ0n) is 17.8. The summed E-state index contributed by atoms with van der Waals surface area (Å²) < 4.78 is 39.0. The maximum Gasteiger partial charge on any atom is 0.296 e. The van der Waals surface area contributed by atoms with Crippen molar-refractivity contribution in [1.82, 2.24) is 4.31 Å². The number of piperazine rings is 1. The number of hydrogen-bond donors (Lipinski definition) is 0. The average Bonchev–Trinajstić information content (AvgIpc) is 3.21. The molecule has 0 radical (unpaired) electrons. The van der Waals surface area contributed by atoms with Crippen LogP contribution in [0.3, 0.4) is 0 Å². The molecule has 0 bridgehead atoms. The summed E-state index contributed by atoms with van der Waals surface area (Å²) in [6, 6.07) is 17.1. The number of methoxy groups -OCH3 is 1. The van der Waals surface area contributed by atoms with Crippen molar-refractivity contribution < 1.29 is 22.5 Å². The Labute approximate surface area is 190 Å². The third-order valence-electron chi connectivity index (χ3n) is 5.94. The summed E-state index contributed by atoms with van der Waals surface area (Å²) >= 11 is 0. The Balaban J connectivity index is 1.40. The minimum Gasteiger partial charge on any atom is -0.496 e. The number of rotatable bonds is 5. The van der Waals surface area contributed by atoms with E-state index in [0.717, 1.165) is 10.8 Å². The number of hydrogen-bond acceptors (Lipinski definition) is 7. The molecule has 2 heterocycles. The van der Waals surface area contributed by atoms with Crippen molar-refractivity contribution in [3.05, 3.63) is 70.8 Å². The molecule has 4 aromatic rings. The molecule has 0 unspecified atom stereocenters. The van der Waals surface area contributed by atoms with Crippen molar-refractivity contribution in [2.24, 2.45) is 0 Å². The highest BCUT2D eigenvalue weighted by Gasteiger charge is 2.31. The van der Waals surface area contributed by atoms with E-state index in [9.17, 15) is 18.5 Å². The van der Waals surface area contributed by atoms with Gasteiger partial charge in [0.25, 0.3) is 5.69 Å². The molecule has 0 amide bonds. The van der Waals surface area contributed by atoms with Crippen LogP contribution in [0.15, 0.2) is 70.0 Å². The van der Waals surface area contributed by atoms with Crippen LogP contribution < -0.4 is 9.64 Å². The first kappa shape index (κ1) is 21.2. The van der Waals surface area contributed by atoms with Gasteiger partial charge in [-0.15, -0.1) is 0 Å². The monoisotopic (exact) mass is 467 g/mol. The van der Waals surface area contributed by atoms with E-state index in [-0.39, 0.29) is 23.7 Å². The third-order valence-corrected chi connectivity index (χ3v) is 7.84. The summed E-state index contributed by atoms with van der Waals surface area (Å²) in [5, 5.41) is 13.1. The molecule has 3 aromatic carbocycles. The van der Waals surface area contributed by atoms with Gasteiger partial charge in [0.2, 0.25) is 10.0 Å². The zero-order chi connectivity index (χ0) is 23.2. The Hall–Kier alpha value is -3.63. The number of benzene rings is 3. The number of sulfonamides is 1. The van der Waals surface area contributed by atoms with Gasteiger partial charge in [-0.1, -0.05) is 18.2 Å². The Kier molecular flexibility index (Phi) is 5.18. The SMILES string of the molecule is COc1ccc(N2CCN(S(=O)(=O)c3ccc4oc5ccccc5c4c3)CC2)c([N+](=O)[O-])c1. The van der Waals surface area contributed by atoms with Crippen LogP contribution in [-0.4, -0.2) is 50.9 Å². The summed E-state index contributed by atoms with van der Waals surface area (Å²) in [6.07, 6.45) is 0. The van der Waals surface area contributed by atoms with Gasteiger partial charge in [-0.25, -0.2) is 8.42 Å². The van der Waals surface area contributed by atoms with Crippen molar-refractivity contribution in [1.29, 1.82) is 0 Å². The third kappa shape index (κ3) is 3.66. The Morgan fingerprint density at radius 2 is 1.67 bits per heavy atom. The van der Waals surface area contributed by atoms with E-state index < -0.39 is 14.9 Å². The highest BCUT2D eigenvalue weighted by atomic mass is 32.2. The fourth-order valence-electron chi connectivity index (χ4n) is 4.23. The van der Waals surface area contributed by atoms with Crippen LogP contribution in [0.1, 0.15) is 0 Å². The number of furan rings is 1. The number of anilines is 1. The molecule has 1 aromatic heterocycles. The lowest BCUT2D eigenvalue weighted by atomic mass is 10.1. The summed E-state index contributed by atoms with van der Waals surface area (Å²) in [7, 11) is -2.28. The summed E-state index contributed by atoms with van der Waals surface area (Å²) in [4.78, 5) is 13.1. The predicted octanol–water partition coefficient (Wildman–Crippen LogP) is 4.01. The van der Waals surface area contributed by atoms with E-state index in [1.807, 2.05) is 29.2 Å². The maximum absolute atomic E-state index is 13.3. The topological polar surface area (TPSA) is 106 Å². The van der Waals surface area contributed by atoms with Crippen LogP contribution in [0.5, 0.6) is 5.75 Å². The van der Waals surface area contributed by atoms with Crippen LogP contribution in [0.25, 0.3) is 21.9 Å². The quantitative estimate of drug-likeness (QED) is 0.322. The van der Waals surface area contributed by atoms with E-state index in [1.54, 1.807) is 30.3 Å². The van der Waals surface area contributed by atoms with Crippen LogP contribution in [0.2, 0.25) is 0 Å². The summed E-state index contributed by atoms with van der Waals surface area (Å²) in [5.41, 5.74) is 1.72. The molecule has 9 nitrogen and oxygen atoms in total.